The first kappa shape index (κ1) is 17.5. The first-order valence-electron chi connectivity index (χ1n) is 8.31. The van der Waals surface area contributed by atoms with Gasteiger partial charge in [0.1, 0.15) is 5.76 Å². The van der Waals surface area contributed by atoms with Crippen molar-refractivity contribution < 1.29 is 17.7 Å². The van der Waals surface area contributed by atoms with Crippen molar-refractivity contribution in [1.29, 1.82) is 0 Å². The molecule has 2 aromatic rings. The van der Waals surface area contributed by atoms with E-state index in [-0.39, 0.29) is 22.7 Å². The van der Waals surface area contributed by atoms with Crippen LogP contribution >= 0.6 is 0 Å². The van der Waals surface area contributed by atoms with Gasteiger partial charge < -0.3 is 9.84 Å². The second kappa shape index (κ2) is 7.26. The predicted octanol–water partition coefficient (Wildman–Crippen LogP) is 2.85. The van der Waals surface area contributed by atoms with Crippen LogP contribution in [0.1, 0.15) is 48.2 Å². The highest BCUT2D eigenvalue weighted by Gasteiger charge is 2.20. The first-order valence-corrected chi connectivity index (χ1v) is 9.79. The number of anilines is 1. The fourth-order valence-electron chi connectivity index (χ4n) is 2.93. The summed E-state index contributed by atoms with van der Waals surface area (Å²) in [5, 5.41) is 6.60. The monoisotopic (exact) mass is 363 g/mol. The molecule has 1 aliphatic rings. The Balaban J connectivity index is 1.74. The Morgan fingerprint density at radius 3 is 2.64 bits per heavy atom. The van der Waals surface area contributed by atoms with Crippen molar-refractivity contribution >= 4 is 21.7 Å². The number of aryl methyl sites for hydroxylation is 1. The van der Waals surface area contributed by atoms with Gasteiger partial charge in [-0.15, -0.1) is 0 Å². The van der Waals surface area contributed by atoms with Crippen LogP contribution in [0.3, 0.4) is 0 Å². The van der Waals surface area contributed by atoms with E-state index in [2.05, 4.69) is 15.2 Å². The molecule has 1 heterocycles. The molecule has 1 amide bonds. The number of carbonyl (C=O) groups is 1. The largest absolute Gasteiger partial charge is 0.360 e. The van der Waals surface area contributed by atoms with Crippen molar-refractivity contribution in [2.24, 2.45) is 0 Å². The van der Waals surface area contributed by atoms with E-state index >= 15 is 0 Å². The molecule has 1 saturated carbocycles. The lowest BCUT2D eigenvalue weighted by Gasteiger charge is -2.22. The molecule has 0 aliphatic heterocycles. The number of nitrogens with one attached hydrogen (secondary N) is 2. The summed E-state index contributed by atoms with van der Waals surface area (Å²) in [5.74, 6) is 0.356. The Morgan fingerprint density at radius 2 is 1.96 bits per heavy atom. The summed E-state index contributed by atoms with van der Waals surface area (Å²) in [5.41, 5.74) is 0.324. The molecular weight excluding hydrogens is 342 g/mol. The summed E-state index contributed by atoms with van der Waals surface area (Å²) >= 11 is 0. The second-order valence-electron chi connectivity index (χ2n) is 6.26. The maximum atomic E-state index is 12.5. The van der Waals surface area contributed by atoms with Crippen LogP contribution in [0.15, 0.2) is 39.8 Å². The lowest BCUT2D eigenvalue weighted by molar-refractivity contribution is 0.0927. The third kappa shape index (κ3) is 4.39. The van der Waals surface area contributed by atoms with Gasteiger partial charge in [-0.25, -0.2) is 8.42 Å². The molecule has 2 N–H and O–H groups in total. The van der Waals surface area contributed by atoms with Crippen LogP contribution in [-0.4, -0.2) is 25.5 Å². The van der Waals surface area contributed by atoms with Gasteiger partial charge in [-0.3, -0.25) is 9.52 Å². The molecule has 0 unspecified atom stereocenters. The Bertz CT molecular complexity index is 854. The van der Waals surface area contributed by atoms with Gasteiger partial charge in [-0.1, -0.05) is 30.5 Å². The van der Waals surface area contributed by atoms with Gasteiger partial charge in [0.15, 0.2) is 5.82 Å². The highest BCUT2D eigenvalue weighted by atomic mass is 32.2. The maximum absolute atomic E-state index is 12.5. The van der Waals surface area contributed by atoms with Crippen LogP contribution in [0, 0.1) is 6.92 Å². The van der Waals surface area contributed by atoms with Crippen molar-refractivity contribution in [3.8, 4) is 0 Å². The van der Waals surface area contributed by atoms with Crippen LogP contribution in [0.5, 0.6) is 0 Å². The zero-order valence-corrected chi connectivity index (χ0v) is 14.8. The number of nitrogens with zero attached hydrogens (tertiary/aromatic N) is 1. The molecule has 0 radical (unpaired) electrons. The van der Waals surface area contributed by atoms with E-state index in [4.69, 9.17) is 4.52 Å². The maximum Gasteiger partial charge on any atom is 0.263 e. The third-order valence-corrected chi connectivity index (χ3v) is 5.57. The summed E-state index contributed by atoms with van der Waals surface area (Å²) in [7, 11) is -3.84. The van der Waals surface area contributed by atoms with Crippen LogP contribution in [-0.2, 0) is 10.0 Å². The number of sulfonamides is 1. The van der Waals surface area contributed by atoms with Crippen LogP contribution in [0.4, 0.5) is 5.82 Å². The molecule has 7 nitrogen and oxygen atoms in total. The Kier molecular flexibility index (Phi) is 5.08. The average Bonchev–Trinajstić information content (AvgIpc) is 3.00. The van der Waals surface area contributed by atoms with Crippen molar-refractivity contribution in [3.05, 3.63) is 41.7 Å². The molecule has 0 atom stereocenters. The van der Waals surface area contributed by atoms with Crippen molar-refractivity contribution in [2.45, 2.75) is 50.0 Å². The minimum atomic E-state index is -3.84. The van der Waals surface area contributed by atoms with Gasteiger partial charge in [0, 0.05) is 17.7 Å². The SMILES string of the molecule is Cc1cc(NS(=O)(=O)c2cccc(C(=O)NC3CCCCC3)c2)no1. The Morgan fingerprint density at radius 1 is 1.20 bits per heavy atom. The van der Waals surface area contributed by atoms with E-state index in [9.17, 15) is 13.2 Å². The van der Waals surface area contributed by atoms with Crippen LogP contribution in [0.2, 0.25) is 0 Å². The third-order valence-electron chi connectivity index (χ3n) is 4.21. The van der Waals surface area contributed by atoms with Crippen LogP contribution < -0.4 is 10.0 Å². The zero-order valence-electron chi connectivity index (χ0n) is 14.0. The van der Waals surface area contributed by atoms with E-state index in [1.54, 1.807) is 19.1 Å². The van der Waals surface area contributed by atoms with E-state index in [1.165, 1.54) is 24.6 Å². The summed E-state index contributed by atoms with van der Waals surface area (Å²) in [6.07, 6.45) is 5.36. The van der Waals surface area contributed by atoms with E-state index in [0.717, 1.165) is 25.7 Å². The number of amides is 1. The molecule has 25 heavy (non-hydrogen) atoms. The van der Waals surface area contributed by atoms with Gasteiger partial charge in [0.25, 0.3) is 15.9 Å². The van der Waals surface area contributed by atoms with Crippen molar-refractivity contribution in [3.63, 3.8) is 0 Å². The lowest BCUT2D eigenvalue weighted by Crippen LogP contribution is -2.36. The molecule has 1 aromatic carbocycles. The highest BCUT2D eigenvalue weighted by molar-refractivity contribution is 7.92. The van der Waals surface area contributed by atoms with Crippen molar-refractivity contribution in [1.82, 2.24) is 10.5 Å². The van der Waals surface area contributed by atoms with E-state index < -0.39 is 10.0 Å². The van der Waals surface area contributed by atoms with Gasteiger partial charge in [-0.2, -0.15) is 0 Å². The van der Waals surface area contributed by atoms with Gasteiger partial charge in [0.2, 0.25) is 0 Å². The van der Waals surface area contributed by atoms with Crippen molar-refractivity contribution in [2.75, 3.05) is 4.72 Å². The topological polar surface area (TPSA) is 101 Å². The Hall–Kier alpha value is -2.35. The number of hydrogen-bond acceptors (Lipinski definition) is 5. The van der Waals surface area contributed by atoms with E-state index in [1.807, 2.05) is 0 Å². The molecule has 1 aromatic heterocycles. The normalized spacial score (nSPS) is 15.7. The number of benzene rings is 1. The summed E-state index contributed by atoms with van der Waals surface area (Å²) in [4.78, 5) is 12.4. The standard InChI is InChI=1S/C17H21N3O4S/c1-12-10-16(19-24-12)20-25(22,23)15-9-5-6-13(11-15)17(21)18-14-7-3-2-4-8-14/h5-6,9-11,14H,2-4,7-8H2,1H3,(H,18,21)(H,19,20). The molecule has 134 valence electrons. The minimum absolute atomic E-state index is 0.00412. The van der Waals surface area contributed by atoms with Crippen LogP contribution in [0.25, 0.3) is 0 Å². The molecule has 0 saturated heterocycles. The smallest absolute Gasteiger partial charge is 0.263 e. The molecule has 3 rings (SSSR count). The fraction of sp³-hybridized carbons (Fsp3) is 0.412. The molecule has 0 spiro atoms. The van der Waals surface area contributed by atoms with Gasteiger partial charge in [-0.05, 0) is 38.0 Å². The van der Waals surface area contributed by atoms with Gasteiger partial charge >= 0.3 is 0 Å². The lowest BCUT2D eigenvalue weighted by atomic mass is 9.95. The number of hydrogen-bond donors (Lipinski definition) is 2. The fourth-order valence-corrected chi connectivity index (χ4v) is 3.96. The second-order valence-corrected chi connectivity index (χ2v) is 7.95. The average molecular weight is 363 g/mol. The molecule has 8 heteroatoms. The number of aromatic nitrogens is 1. The van der Waals surface area contributed by atoms with E-state index in [0.29, 0.717) is 11.3 Å². The summed E-state index contributed by atoms with van der Waals surface area (Å²) < 4.78 is 32.1. The molecule has 1 fully saturated rings. The minimum Gasteiger partial charge on any atom is -0.360 e. The Labute approximate surface area is 146 Å². The number of carbonyl (C=O) groups excluding carboxylic acids is 1. The quantitative estimate of drug-likeness (QED) is 0.850. The number of rotatable bonds is 5. The summed E-state index contributed by atoms with van der Waals surface area (Å²) in [6, 6.07) is 7.62. The first-order chi connectivity index (χ1) is 11.9. The van der Waals surface area contributed by atoms with Gasteiger partial charge in [0.05, 0.1) is 4.90 Å². The molecule has 0 bridgehead atoms. The molecule has 1 aliphatic carbocycles. The zero-order chi connectivity index (χ0) is 17.9. The predicted molar refractivity (Wildman–Crippen MR) is 92.8 cm³/mol. The molecular formula is C17H21N3O4S. The summed E-state index contributed by atoms with van der Waals surface area (Å²) in [6.45, 7) is 1.67. The highest BCUT2D eigenvalue weighted by Crippen LogP contribution is 2.19.